The van der Waals surface area contributed by atoms with Crippen molar-refractivity contribution in [1.29, 1.82) is 0 Å². The molecule has 0 saturated carbocycles. The molecule has 0 amide bonds. The summed E-state index contributed by atoms with van der Waals surface area (Å²) in [6.07, 6.45) is 1.74. The number of rotatable bonds is 3. The summed E-state index contributed by atoms with van der Waals surface area (Å²) in [7, 11) is 0. The summed E-state index contributed by atoms with van der Waals surface area (Å²) in [5, 5.41) is 16.6. The average molecular weight is 271 g/mol. The lowest BCUT2D eigenvalue weighted by atomic mass is 10.0. The van der Waals surface area contributed by atoms with Crippen LogP contribution in [0.3, 0.4) is 0 Å². The molecule has 94 valence electrons. The van der Waals surface area contributed by atoms with Gasteiger partial charge in [0.25, 0.3) is 0 Å². The number of nitrogens with zero attached hydrogens (tertiary/aromatic N) is 3. The minimum atomic E-state index is -0.0825. The Balaban J connectivity index is 0.00000112. The molecule has 0 radical (unpaired) electrons. The zero-order valence-corrected chi connectivity index (χ0v) is 10.3. The SMILES string of the molecule is Cl.Cl.NCC1COCC1n1cc(CO)nn1. The van der Waals surface area contributed by atoms with Crippen molar-refractivity contribution in [2.75, 3.05) is 19.8 Å². The summed E-state index contributed by atoms with van der Waals surface area (Å²) in [4.78, 5) is 0. The fraction of sp³-hybridized carbons (Fsp3) is 0.750. The van der Waals surface area contributed by atoms with Gasteiger partial charge in [-0.1, -0.05) is 5.21 Å². The molecule has 2 heterocycles. The van der Waals surface area contributed by atoms with Crippen molar-refractivity contribution >= 4 is 24.8 Å². The van der Waals surface area contributed by atoms with E-state index in [9.17, 15) is 0 Å². The lowest BCUT2D eigenvalue weighted by Gasteiger charge is -2.14. The van der Waals surface area contributed by atoms with Gasteiger partial charge in [-0.05, 0) is 6.54 Å². The Morgan fingerprint density at radius 2 is 2.25 bits per heavy atom. The van der Waals surface area contributed by atoms with Gasteiger partial charge in [-0.25, -0.2) is 4.68 Å². The van der Waals surface area contributed by atoms with Crippen LogP contribution in [-0.2, 0) is 11.3 Å². The first kappa shape index (κ1) is 15.6. The van der Waals surface area contributed by atoms with Crippen LogP contribution in [0.1, 0.15) is 11.7 Å². The van der Waals surface area contributed by atoms with Crippen LogP contribution in [0.25, 0.3) is 0 Å². The standard InChI is InChI=1S/C8H14N4O2.2ClH/c9-1-6-4-14-5-8(6)12-2-7(3-13)10-11-12;;/h2,6,8,13H,1,3-5,9H2;2*1H. The third-order valence-electron chi connectivity index (χ3n) is 2.53. The fourth-order valence-corrected chi connectivity index (χ4v) is 1.65. The van der Waals surface area contributed by atoms with Gasteiger partial charge in [0.2, 0.25) is 0 Å². The molecule has 6 nitrogen and oxygen atoms in total. The molecule has 0 spiro atoms. The van der Waals surface area contributed by atoms with Crippen LogP contribution in [0.15, 0.2) is 6.20 Å². The second-order valence-corrected chi connectivity index (χ2v) is 3.45. The monoisotopic (exact) mass is 270 g/mol. The smallest absolute Gasteiger partial charge is 0.108 e. The van der Waals surface area contributed by atoms with E-state index in [1.54, 1.807) is 10.9 Å². The number of ether oxygens (including phenoxy) is 1. The van der Waals surface area contributed by atoms with E-state index in [-0.39, 0.29) is 37.5 Å². The highest BCUT2D eigenvalue weighted by Gasteiger charge is 2.29. The second kappa shape index (κ2) is 7.03. The van der Waals surface area contributed by atoms with Gasteiger partial charge in [-0.15, -0.1) is 29.9 Å². The van der Waals surface area contributed by atoms with Crippen LogP contribution in [0, 0.1) is 5.92 Å². The number of hydrogen-bond donors (Lipinski definition) is 2. The van der Waals surface area contributed by atoms with Gasteiger partial charge in [0, 0.05) is 5.92 Å². The van der Waals surface area contributed by atoms with E-state index in [2.05, 4.69) is 10.3 Å². The van der Waals surface area contributed by atoms with Gasteiger partial charge >= 0.3 is 0 Å². The lowest BCUT2D eigenvalue weighted by Crippen LogP contribution is -2.25. The molecule has 0 aliphatic carbocycles. The highest BCUT2D eigenvalue weighted by Crippen LogP contribution is 2.23. The Morgan fingerprint density at radius 1 is 1.50 bits per heavy atom. The summed E-state index contributed by atoms with van der Waals surface area (Å²) < 4.78 is 7.06. The number of aliphatic hydroxyl groups is 1. The minimum Gasteiger partial charge on any atom is -0.390 e. The lowest BCUT2D eigenvalue weighted by molar-refractivity contribution is 0.180. The van der Waals surface area contributed by atoms with Crippen molar-refractivity contribution in [3.63, 3.8) is 0 Å². The van der Waals surface area contributed by atoms with Crippen molar-refractivity contribution in [1.82, 2.24) is 15.0 Å². The summed E-state index contributed by atoms with van der Waals surface area (Å²) in [6.45, 7) is 1.80. The van der Waals surface area contributed by atoms with E-state index in [1.807, 2.05) is 0 Å². The average Bonchev–Trinajstić information content (AvgIpc) is 2.85. The zero-order valence-electron chi connectivity index (χ0n) is 8.65. The number of aromatic nitrogens is 3. The van der Waals surface area contributed by atoms with Gasteiger partial charge in [0.15, 0.2) is 0 Å². The van der Waals surface area contributed by atoms with Crippen LogP contribution in [-0.4, -0.2) is 39.9 Å². The summed E-state index contributed by atoms with van der Waals surface area (Å²) in [6, 6.07) is 0.160. The van der Waals surface area contributed by atoms with Crippen LogP contribution >= 0.6 is 24.8 Å². The first-order chi connectivity index (χ1) is 6.85. The van der Waals surface area contributed by atoms with E-state index in [0.29, 0.717) is 31.4 Å². The number of aliphatic hydroxyl groups excluding tert-OH is 1. The molecule has 3 N–H and O–H groups in total. The largest absolute Gasteiger partial charge is 0.390 e. The van der Waals surface area contributed by atoms with Gasteiger partial charge in [0.05, 0.1) is 32.1 Å². The number of halogens is 2. The van der Waals surface area contributed by atoms with E-state index in [0.717, 1.165) is 0 Å². The van der Waals surface area contributed by atoms with Crippen molar-refractivity contribution in [2.45, 2.75) is 12.6 Å². The maximum atomic E-state index is 8.85. The Kier molecular flexibility index (Phi) is 6.85. The van der Waals surface area contributed by atoms with Gasteiger partial charge in [-0.2, -0.15) is 0 Å². The second-order valence-electron chi connectivity index (χ2n) is 3.45. The summed E-state index contributed by atoms with van der Waals surface area (Å²) >= 11 is 0. The first-order valence-electron chi connectivity index (χ1n) is 4.64. The van der Waals surface area contributed by atoms with Crippen molar-refractivity contribution < 1.29 is 9.84 Å². The molecule has 0 bridgehead atoms. The summed E-state index contributed by atoms with van der Waals surface area (Å²) in [5.74, 6) is 0.295. The minimum absolute atomic E-state index is 0. The molecular formula is C8H16Cl2N4O2. The van der Waals surface area contributed by atoms with E-state index < -0.39 is 0 Å². The Labute approximate surface area is 106 Å². The molecule has 2 rings (SSSR count). The van der Waals surface area contributed by atoms with Crippen molar-refractivity contribution in [2.24, 2.45) is 11.7 Å². The number of nitrogens with two attached hydrogens (primary N) is 1. The predicted molar refractivity (Wildman–Crippen MR) is 62.8 cm³/mol. The van der Waals surface area contributed by atoms with E-state index in [1.165, 1.54) is 0 Å². The van der Waals surface area contributed by atoms with Gasteiger partial charge < -0.3 is 15.6 Å². The molecule has 1 aromatic rings. The zero-order chi connectivity index (χ0) is 9.97. The van der Waals surface area contributed by atoms with Crippen LogP contribution in [0.5, 0.6) is 0 Å². The third kappa shape index (κ3) is 3.05. The maximum Gasteiger partial charge on any atom is 0.108 e. The van der Waals surface area contributed by atoms with Crippen molar-refractivity contribution in [3.05, 3.63) is 11.9 Å². The molecular weight excluding hydrogens is 255 g/mol. The predicted octanol–water partition coefficient (Wildman–Crippen LogP) is -0.240. The van der Waals surface area contributed by atoms with Crippen LogP contribution in [0.4, 0.5) is 0 Å². The Morgan fingerprint density at radius 3 is 2.81 bits per heavy atom. The van der Waals surface area contributed by atoms with E-state index >= 15 is 0 Å². The molecule has 8 heteroatoms. The van der Waals surface area contributed by atoms with Gasteiger partial charge in [-0.3, -0.25) is 0 Å². The molecule has 1 fully saturated rings. The molecule has 1 aliphatic heterocycles. The molecule has 2 unspecified atom stereocenters. The molecule has 0 aromatic carbocycles. The first-order valence-corrected chi connectivity index (χ1v) is 4.64. The van der Waals surface area contributed by atoms with Gasteiger partial charge in [0.1, 0.15) is 5.69 Å². The van der Waals surface area contributed by atoms with E-state index in [4.69, 9.17) is 15.6 Å². The van der Waals surface area contributed by atoms with Crippen LogP contribution in [0.2, 0.25) is 0 Å². The number of hydrogen-bond acceptors (Lipinski definition) is 5. The molecule has 16 heavy (non-hydrogen) atoms. The fourth-order valence-electron chi connectivity index (χ4n) is 1.65. The quantitative estimate of drug-likeness (QED) is 0.792. The normalized spacial score (nSPS) is 23.6. The molecule has 1 aliphatic rings. The van der Waals surface area contributed by atoms with Crippen LogP contribution < -0.4 is 5.73 Å². The Hall–Kier alpha value is -0.400. The molecule has 2 atom stereocenters. The molecule has 1 aromatic heterocycles. The summed E-state index contributed by atoms with van der Waals surface area (Å²) in [5.41, 5.74) is 6.19. The Bertz CT molecular complexity index is 310. The van der Waals surface area contributed by atoms with Crippen molar-refractivity contribution in [3.8, 4) is 0 Å². The highest BCUT2D eigenvalue weighted by molar-refractivity contribution is 5.85. The maximum absolute atomic E-state index is 8.85. The highest BCUT2D eigenvalue weighted by atomic mass is 35.5. The third-order valence-corrected chi connectivity index (χ3v) is 2.53. The molecule has 1 saturated heterocycles. The topological polar surface area (TPSA) is 86.2 Å².